The summed E-state index contributed by atoms with van der Waals surface area (Å²) in [6.45, 7) is 1.59. The first kappa shape index (κ1) is 12.3. The highest BCUT2D eigenvalue weighted by atomic mass is 35.5. The van der Waals surface area contributed by atoms with E-state index in [1.54, 1.807) is 13.0 Å². The van der Waals surface area contributed by atoms with Crippen molar-refractivity contribution in [2.45, 2.75) is 13.0 Å². The maximum atomic E-state index is 11.6. The molecular weight excluding hydrogens is 237 g/mol. The van der Waals surface area contributed by atoms with Crippen LogP contribution in [0.25, 0.3) is 0 Å². The molecule has 1 amide bonds. The Balaban J connectivity index is 2.82. The van der Waals surface area contributed by atoms with Gasteiger partial charge in [-0.05, 0) is 25.1 Å². The Hall–Kier alpha value is -0.770. The Labute approximate surface area is 98.0 Å². The van der Waals surface area contributed by atoms with Crippen molar-refractivity contribution in [3.05, 3.63) is 33.8 Å². The molecule has 0 aliphatic rings. The molecule has 0 radical (unpaired) electrons. The van der Waals surface area contributed by atoms with Gasteiger partial charge in [0.25, 0.3) is 5.91 Å². The van der Waals surface area contributed by atoms with E-state index >= 15 is 0 Å². The number of aliphatic hydroxyl groups excluding tert-OH is 1. The molecule has 0 aliphatic heterocycles. The van der Waals surface area contributed by atoms with Gasteiger partial charge in [-0.1, -0.05) is 23.2 Å². The summed E-state index contributed by atoms with van der Waals surface area (Å²) >= 11 is 11.5. The summed E-state index contributed by atoms with van der Waals surface area (Å²) in [6, 6.07) is 4.30. The number of aliphatic hydroxyl groups is 1. The Morgan fingerprint density at radius 2 is 1.93 bits per heavy atom. The van der Waals surface area contributed by atoms with Gasteiger partial charge in [-0.3, -0.25) is 4.79 Å². The summed E-state index contributed by atoms with van der Waals surface area (Å²) in [4.78, 5) is 11.6. The number of amides is 1. The van der Waals surface area contributed by atoms with Crippen LogP contribution in [0.3, 0.4) is 0 Å². The fourth-order valence-corrected chi connectivity index (χ4v) is 1.56. The number of rotatable bonds is 3. The molecule has 15 heavy (non-hydrogen) atoms. The van der Waals surface area contributed by atoms with E-state index in [9.17, 15) is 4.79 Å². The molecule has 0 unspecified atom stereocenters. The molecule has 82 valence electrons. The second-order valence-electron chi connectivity index (χ2n) is 3.22. The van der Waals surface area contributed by atoms with Crippen LogP contribution in [0.1, 0.15) is 17.3 Å². The highest BCUT2D eigenvalue weighted by molar-refractivity contribution is 6.35. The zero-order valence-corrected chi connectivity index (χ0v) is 9.64. The number of nitrogens with one attached hydrogen (secondary N) is 1. The smallest absolute Gasteiger partial charge is 0.251 e. The average molecular weight is 248 g/mol. The Morgan fingerprint density at radius 3 is 2.40 bits per heavy atom. The quantitative estimate of drug-likeness (QED) is 0.860. The maximum Gasteiger partial charge on any atom is 0.251 e. The minimum absolute atomic E-state index is 0.111. The largest absolute Gasteiger partial charge is 0.394 e. The fourth-order valence-electron chi connectivity index (χ4n) is 1.04. The molecule has 1 rings (SSSR count). The van der Waals surface area contributed by atoms with Crippen molar-refractivity contribution in [3.8, 4) is 0 Å². The van der Waals surface area contributed by atoms with Crippen LogP contribution < -0.4 is 5.32 Å². The van der Waals surface area contributed by atoms with Crippen molar-refractivity contribution >= 4 is 29.1 Å². The van der Waals surface area contributed by atoms with Crippen molar-refractivity contribution in [1.82, 2.24) is 5.32 Å². The predicted molar refractivity (Wildman–Crippen MR) is 60.5 cm³/mol. The molecule has 0 aliphatic carbocycles. The van der Waals surface area contributed by atoms with Crippen LogP contribution in [0, 0.1) is 0 Å². The van der Waals surface area contributed by atoms with Gasteiger partial charge in [0.1, 0.15) is 0 Å². The van der Waals surface area contributed by atoms with Gasteiger partial charge >= 0.3 is 0 Å². The number of benzene rings is 1. The van der Waals surface area contributed by atoms with Crippen LogP contribution in [-0.4, -0.2) is 23.7 Å². The van der Waals surface area contributed by atoms with Crippen LogP contribution in [0.2, 0.25) is 10.0 Å². The summed E-state index contributed by atoms with van der Waals surface area (Å²) in [6.07, 6.45) is 0. The first-order valence-electron chi connectivity index (χ1n) is 4.40. The van der Waals surface area contributed by atoms with Gasteiger partial charge in [-0.2, -0.15) is 0 Å². The molecule has 1 aromatic carbocycles. The third-order valence-electron chi connectivity index (χ3n) is 1.78. The third kappa shape index (κ3) is 3.70. The Bertz CT molecular complexity index is 348. The van der Waals surface area contributed by atoms with Gasteiger partial charge in [0.05, 0.1) is 6.61 Å². The van der Waals surface area contributed by atoms with Crippen LogP contribution in [0.15, 0.2) is 18.2 Å². The Morgan fingerprint density at radius 1 is 1.40 bits per heavy atom. The summed E-state index contributed by atoms with van der Waals surface area (Å²) in [7, 11) is 0. The summed E-state index contributed by atoms with van der Waals surface area (Å²) in [5.41, 5.74) is 0.382. The molecule has 3 nitrogen and oxygen atoms in total. The zero-order valence-electron chi connectivity index (χ0n) is 8.13. The monoisotopic (exact) mass is 247 g/mol. The average Bonchev–Trinajstić information content (AvgIpc) is 2.16. The first-order chi connectivity index (χ1) is 7.02. The predicted octanol–water partition coefficient (Wildman–Crippen LogP) is 2.10. The van der Waals surface area contributed by atoms with Gasteiger partial charge in [0.2, 0.25) is 0 Å². The number of carbonyl (C=O) groups is 1. The topological polar surface area (TPSA) is 49.3 Å². The van der Waals surface area contributed by atoms with E-state index in [0.29, 0.717) is 15.6 Å². The third-order valence-corrected chi connectivity index (χ3v) is 2.21. The molecular formula is C10H11Cl2NO2. The number of halogens is 2. The van der Waals surface area contributed by atoms with Crippen molar-refractivity contribution < 1.29 is 9.90 Å². The van der Waals surface area contributed by atoms with Gasteiger partial charge in [0.15, 0.2) is 0 Å². The highest BCUT2D eigenvalue weighted by Gasteiger charge is 2.10. The minimum Gasteiger partial charge on any atom is -0.394 e. The second-order valence-corrected chi connectivity index (χ2v) is 4.09. The first-order valence-corrected chi connectivity index (χ1v) is 5.16. The Kier molecular flexibility index (Phi) is 4.39. The minimum atomic E-state index is -0.305. The van der Waals surface area contributed by atoms with E-state index < -0.39 is 0 Å². The van der Waals surface area contributed by atoms with Crippen LogP contribution in [-0.2, 0) is 0 Å². The van der Waals surface area contributed by atoms with Crippen LogP contribution >= 0.6 is 23.2 Å². The lowest BCUT2D eigenvalue weighted by Crippen LogP contribution is -2.34. The van der Waals surface area contributed by atoms with Gasteiger partial charge in [-0.25, -0.2) is 0 Å². The van der Waals surface area contributed by atoms with Crippen LogP contribution in [0.5, 0.6) is 0 Å². The lowest BCUT2D eigenvalue weighted by atomic mass is 10.2. The molecule has 0 bridgehead atoms. The number of hydrogen-bond acceptors (Lipinski definition) is 2. The highest BCUT2D eigenvalue weighted by Crippen LogP contribution is 2.18. The van der Waals surface area contributed by atoms with E-state index in [1.165, 1.54) is 12.1 Å². The maximum absolute atomic E-state index is 11.6. The molecule has 0 heterocycles. The van der Waals surface area contributed by atoms with E-state index in [0.717, 1.165) is 0 Å². The molecule has 5 heteroatoms. The SMILES string of the molecule is C[C@H](CO)NC(=O)c1cc(Cl)cc(Cl)c1. The summed E-state index contributed by atoms with van der Waals surface area (Å²) in [5, 5.41) is 12.2. The van der Waals surface area contributed by atoms with Gasteiger partial charge < -0.3 is 10.4 Å². The van der Waals surface area contributed by atoms with E-state index in [1.807, 2.05) is 0 Å². The van der Waals surface area contributed by atoms with Gasteiger partial charge in [-0.15, -0.1) is 0 Å². The standard InChI is InChI=1S/C10H11Cl2NO2/c1-6(5-14)13-10(15)7-2-8(11)4-9(12)3-7/h2-4,6,14H,5H2,1H3,(H,13,15)/t6-/m1/s1. The van der Waals surface area contributed by atoms with Crippen LogP contribution in [0.4, 0.5) is 0 Å². The molecule has 0 aromatic heterocycles. The van der Waals surface area contributed by atoms with E-state index in [-0.39, 0.29) is 18.6 Å². The van der Waals surface area contributed by atoms with E-state index in [2.05, 4.69) is 5.32 Å². The van der Waals surface area contributed by atoms with Crippen molar-refractivity contribution in [2.75, 3.05) is 6.61 Å². The number of carbonyl (C=O) groups excluding carboxylic acids is 1. The molecule has 0 saturated carbocycles. The normalized spacial score (nSPS) is 12.3. The summed E-state index contributed by atoms with van der Waals surface area (Å²) in [5.74, 6) is -0.305. The lowest BCUT2D eigenvalue weighted by molar-refractivity contribution is 0.0922. The van der Waals surface area contributed by atoms with Crippen molar-refractivity contribution in [2.24, 2.45) is 0 Å². The molecule has 1 aromatic rings. The lowest BCUT2D eigenvalue weighted by Gasteiger charge is -2.10. The second kappa shape index (κ2) is 5.35. The molecule has 1 atom stereocenters. The molecule has 0 saturated heterocycles. The number of hydrogen-bond donors (Lipinski definition) is 2. The molecule has 2 N–H and O–H groups in total. The van der Waals surface area contributed by atoms with Crippen molar-refractivity contribution in [3.63, 3.8) is 0 Å². The summed E-state index contributed by atoms with van der Waals surface area (Å²) < 4.78 is 0. The van der Waals surface area contributed by atoms with Crippen molar-refractivity contribution in [1.29, 1.82) is 0 Å². The zero-order chi connectivity index (χ0) is 11.4. The molecule has 0 fully saturated rings. The van der Waals surface area contributed by atoms with E-state index in [4.69, 9.17) is 28.3 Å². The molecule has 0 spiro atoms. The fraction of sp³-hybridized carbons (Fsp3) is 0.300. The van der Waals surface area contributed by atoms with Gasteiger partial charge in [0, 0.05) is 21.7 Å².